The van der Waals surface area contributed by atoms with Gasteiger partial charge in [-0.3, -0.25) is 9.59 Å². The van der Waals surface area contributed by atoms with E-state index < -0.39 is 0 Å². The van der Waals surface area contributed by atoms with Crippen molar-refractivity contribution in [3.8, 4) is 0 Å². The van der Waals surface area contributed by atoms with Gasteiger partial charge in [0, 0.05) is 51.3 Å². The minimum Gasteiger partial charge on any atom is -0.383 e. The van der Waals surface area contributed by atoms with E-state index in [2.05, 4.69) is 20.2 Å². The van der Waals surface area contributed by atoms with Gasteiger partial charge in [-0.2, -0.15) is 0 Å². The molecule has 1 saturated heterocycles. The molecule has 0 unspecified atom stereocenters. The number of rotatable bonds is 8. The van der Waals surface area contributed by atoms with Crippen LogP contribution in [0.15, 0.2) is 23.7 Å². The molecule has 0 radical (unpaired) electrons. The number of ether oxygens (including phenoxy) is 1. The maximum atomic E-state index is 12.7. The molecule has 1 fully saturated rings. The summed E-state index contributed by atoms with van der Waals surface area (Å²) in [6.45, 7) is 2.61. The molecule has 3 rings (SSSR count). The van der Waals surface area contributed by atoms with Crippen LogP contribution in [0.2, 0.25) is 0 Å². The monoisotopic (exact) mass is 418 g/mol. The Kier molecular flexibility index (Phi) is 6.99. The Hall–Kier alpha value is -2.72. The number of hydrogen-bond donors (Lipinski definition) is 2. The second-order valence-electron chi connectivity index (χ2n) is 6.92. The molecule has 0 spiro atoms. The third kappa shape index (κ3) is 5.21. The number of hydrogen-bond acceptors (Lipinski definition) is 8. The van der Waals surface area contributed by atoms with Crippen molar-refractivity contribution in [1.29, 1.82) is 0 Å². The Morgan fingerprint density at radius 3 is 2.86 bits per heavy atom. The number of carbonyl (C=O) groups is 2. The smallest absolute Gasteiger partial charge is 0.275 e. The van der Waals surface area contributed by atoms with E-state index in [0.29, 0.717) is 56.3 Å². The van der Waals surface area contributed by atoms with E-state index in [0.717, 1.165) is 5.13 Å². The van der Waals surface area contributed by atoms with Crippen LogP contribution < -0.4 is 20.9 Å². The predicted molar refractivity (Wildman–Crippen MR) is 114 cm³/mol. The lowest BCUT2D eigenvalue weighted by molar-refractivity contribution is -0.122. The number of likely N-dealkylation sites (N-methyl/N-ethyl adjacent to an activating group) is 1. The first-order chi connectivity index (χ1) is 14.0. The maximum absolute atomic E-state index is 12.7. The average molecular weight is 419 g/mol. The van der Waals surface area contributed by atoms with E-state index >= 15 is 0 Å². The summed E-state index contributed by atoms with van der Waals surface area (Å²) >= 11 is 1.41. The molecule has 0 aromatic carbocycles. The third-order valence-electron chi connectivity index (χ3n) is 4.91. The van der Waals surface area contributed by atoms with E-state index in [1.807, 2.05) is 18.0 Å². The molecule has 2 aromatic rings. The van der Waals surface area contributed by atoms with Crippen molar-refractivity contribution >= 4 is 39.8 Å². The fourth-order valence-corrected chi connectivity index (χ4v) is 3.98. The Morgan fingerprint density at radius 2 is 2.17 bits per heavy atom. The van der Waals surface area contributed by atoms with E-state index in [1.165, 1.54) is 11.3 Å². The van der Waals surface area contributed by atoms with Crippen LogP contribution in [0.25, 0.3) is 0 Å². The van der Waals surface area contributed by atoms with Gasteiger partial charge in [0.2, 0.25) is 5.91 Å². The molecule has 0 saturated carbocycles. The van der Waals surface area contributed by atoms with Crippen molar-refractivity contribution in [2.45, 2.75) is 12.8 Å². The second-order valence-corrected chi connectivity index (χ2v) is 7.76. The van der Waals surface area contributed by atoms with Crippen molar-refractivity contribution in [1.82, 2.24) is 9.97 Å². The molecular weight excluding hydrogens is 392 g/mol. The number of carbonyl (C=O) groups excluding carboxylic acids is 2. The summed E-state index contributed by atoms with van der Waals surface area (Å²) in [5.74, 6) is 0.0517. The van der Waals surface area contributed by atoms with Crippen molar-refractivity contribution in [2.24, 2.45) is 11.7 Å². The topological polar surface area (TPSA) is 114 Å². The van der Waals surface area contributed by atoms with Gasteiger partial charge >= 0.3 is 0 Å². The Balaban J connectivity index is 1.67. The first kappa shape index (κ1) is 21.0. The van der Waals surface area contributed by atoms with Gasteiger partial charge < -0.3 is 25.6 Å². The number of piperidine rings is 1. The highest BCUT2D eigenvalue weighted by atomic mass is 32.1. The first-order valence-electron chi connectivity index (χ1n) is 9.45. The molecule has 29 heavy (non-hydrogen) atoms. The number of aromatic nitrogens is 2. The molecule has 3 heterocycles. The van der Waals surface area contributed by atoms with E-state index in [9.17, 15) is 9.59 Å². The van der Waals surface area contributed by atoms with Gasteiger partial charge in [0.15, 0.2) is 10.9 Å². The number of pyridine rings is 1. The van der Waals surface area contributed by atoms with Crippen LogP contribution in [0.1, 0.15) is 23.3 Å². The highest BCUT2D eigenvalue weighted by molar-refractivity contribution is 7.13. The second kappa shape index (κ2) is 9.66. The summed E-state index contributed by atoms with van der Waals surface area (Å²) < 4.78 is 5.08. The zero-order valence-corrected chi connectivity index (χ0v) is 17.4. The van der Waals surface area contributed by atoms with E-state index in [-0.39, 0.29) is 17.7 Å². The van der Waals surface area contributed by atoms with Gasteiger partial charge in [-0.15, -0.1) is 11.3 Å². The number of thiazole rings is 1. The normalized spacial score (nSPS) is 14.6. The van der Waals surface area contributed by atoms with Crippen LogP contribution >= 0.6 is 11.3 Å². The molecule has 0 bridgehead atoms. The summed E-state index contributed by atoms with van der Waals surface area (Å²) in [4.78, 5) is 37.0. The van der Waals surface area contributed by atoms with Crippen LogP contribution in [-0.2, 0) is 9.53 Å². The standard InChI is InChI=1S/C19H26N6O3S/c1-24(10-11-28-2)19-23-15(12-29-19)18(27)22-14-4-3-7-21-17(14)25-8-5-13(6-9-25)16(20)26/h3-4,7,12-13H,5-6,8-11H2,1-2H3,(H2,20,26)(H,22,27). The van der Waals surface area contributed by atoms with Gasteiger partial charge in [-0.1, -0.05) is 0 Å². The Morgan fingerprint density at radius 1 is 1.41 bits per heavy atom. The lowest BCUT2D eigenvalue weighted by Gasteiger charge is -2.32. The van der Waals surface area contributed by atoms with Crippen LogP contribution in [0, 0.1) is 5.92 Å². The Bertz CT molecular complexity index is 850. The number of amides is 2. The van der Waals surface area contributed by atoms with Crippen LogP contribution in [0.4, 0.5) is 16.6 Å². The van der Waals surface area contributed by atoms with Gasteiger partial charge in [0.05, 0.1) is 12.3 Å². The summed E-state index contributed by atoms with van der Waals surface area (Å²) in [7, 11) is 3.56. The summed E-state index contributed by atoms with van der Waals surface area (Å²) in [5, 5.41) is 5.41. The molecular formula is C19H26N6O3S. The zero-order chi connectivity index (χ0) is 20.8. The predicted octanol–water partition coefficient (Wildman–Crippen LogP) is 1.57. The van der Waals surface area contributed by atoms with Gasteiger partial charge in [0.25, 0.3) is 5.91 Å². The van der Waals surface area contributed by atoms with Crippen molar-refractivity contribution in [3.63, 3.8) is 0 Å². The molecule has 156 valence electrons. The third-order valence-corrected chi connectivity index (χ3v) is 5.87. The molecule has 9 nitrogen and oxygen atoms in total. The summed E-state index contributed by atoms with van der Waals surface area (Å²) in [6, 6.07) is 3.60. The molecule has 0 aliphatic carbocycles. The zero-order valence-electron chi connectivity index (χ0n) is 16.6. The summed E-state index contributed by atoms with van der Waals surface area (Å²) in [6.07, 6.45) is 3.06. The fraction of sp³-hybridized carbons (Fsp3) is 0.474. The number of methoxy groups -OCH3 is 1. The molecule has 2 aromatic heterocycles. The van der Waals surface area contributed by atoms with Gasteiger partial charge in [0.1, 0.15) is 5.69 Å². The van der Waals surface area contributed by atoms with E-state index in [4.69, 9.17) is 10.5 Å². The maximum Gasteiger partial charge on any atom is 0.275 e. The number of primary amides is 1. The lowest BCUT2D eigenvalue weighted by atomic mass is 9.96. The average Bonchev–Trinajstić information content (AvgIpc) is 3.23. The number of nitrogens with zero attached hydrogens (tertiary/aromatic N) is 4. The quantitative estimate of drug-likeness (QED) is 0.669. The number of nitrogens with one attached hydrogen (secondary N) is 1. The minimum atomic E-state index is -0.283. The minimum absolute atomic E-state index is 0.100. The van der Waals surface area contributed by atoms with Crippen molar-refractivity contribution in [3.05, 3.63) is 29.4 Å². The molecule has 3 N–H and O–H groups in total. The molecule has 0 atom stereocenters. The first-order valence-corrected chi connectivity index (χ1v) is 10.3. The van der Waals surface area contributed by atoms with Gasteiger partial charge in [-0.05, 0) is 25.0 Å². The number of anilines is 3. The van der Waals surface area contributed by atoms with Crippen molar-refractivity contribution < 1.29 is 14.3 Å². The number of nitrogens with two attached hydrogens (primary N) is 1. The molecule has 2 amide bonds. The Labute approximate surface area is 173 Å². The van der Waals surface area contributed by atoms with Crippen molar-refractivity contribution in [2.75, 3.05) is 55.5 Å². The molecule has 1 aliphatic rings. The van der Waals surface area contributed by atoms with E-state index in [1.54, 1.807) is 24.8 Å². The summed E-state index contributed by atoms with van der Waals surface area (Å²) in [5.41, 5.74) is 6.40. The largest absolute Gasteiger partial charge is 0.383 e. The molecule has 10 heteroatoms. The van der Waals surface area contributed by atoms with Crippen LogP contribution in [0.3, 0.4) is 0 Å². The highest BCUT2D eigenvalue weighted by Gasteiger charge is 2.25. The van der Waals surface area contributed by atoms with Gasteiger partial charge in [-0.25, -0.2) is 9.97 Å². The van der Waals surface area contributed by atoms with Crippen LogP contribution in [-0.4, -0.2) is 62.2 Å². The fourth-order valence-electron chi connectivity index (χ4n) is 3.18. The van der Waals surface area contributed by atoms with Crippen LogP contribution in [0.5, 0.6) is 0 Å². The highest BCUT2D eigenvalue weighted by Crippen LogP contribution is 2.28. The SMILES string of the molecule is COCCN(C)c1nc(C(=O)Nc2cccnc2N2CCC(C(N)=O)CC2)cs1. The lowest BCUT2D eigenvalue weighted by Crippen LogP contribution is -2.39. The molecule has 1 aliphatic heterocycles.